The number of likely N-dealkylation sites (tertiary alicyclic amines) is 1. The molecule has 4 aromatic carbocycles. The number of sulfonamides is 1. The average molecular weight is 1380 g/mol. The standard InChI is InChI=1S/C67H84ClF3N10O10S3/c1-44-60(92-43-74-44)47-13-11-45(12-14-47)40-73-63(86)56-37-52(82)42-81(56)64(87)61(65(2,3)4)75-58(83)9-7-10-59(84)80-35-29-77(30-36-80)28-8-27-72-55-24-23-53(38-57(55)93(88,89)67(69,70)71)94(90,91)76-62(85)48-17-21-51(22-18-48)79-33-31-78(32-34-79)41-49-39-66(5,6)26-25-54(49)46-15-19-50(68)20-16-46/h11-24,38,43,52,56,61,72,82H,7-10,25-37,39-42H2,1-6H3,(H,73,86)(H,75,83)(H,76,85)/t52-,56+,61-/m1/s1. The number of carbonyl (C=O) groups is 5. The van der Waals surface area contributed by atoms with Crippen LogP contribution in [0.3, 0.4) is 0 Å². The number of rotatable bonds is 23. The van der Waals surface area contributed by atoms with Crippen LogP contribution in [0.25, 0.3) is 16.0 Å². The van der Waals surface area contributed by atoms with Crippen molar-refractivity contribution in [2.75, 3.05) is 88.8 Å². The zero-order valence-corrected chi connectivity index (χ0v) is 57.1. The number of hydrogen-bond acceptors (Lipinski definition) is 16. The summed E-state index contributed by atoms with van der Waals surface area (Å²) in [4.78, 5) is 80.5. The van der Waals surface area contributed by atoms with Gasteiger partial charge in [-0.15, -0.1) is 11.3 Å². The zero-order valence-electron chi connectivity index (χ0n) is 53.9. The lowest BCUT2D eigenvalue weighted by Gasteiger charge is -2.39. The van der Waals surface area contributed by atoms with Crippen molar-refractivity contribution in [2.24, 2.45) is 10.8 Å². The van der Waals surface area contributed by atoms with Gasteiger partial charge in [0.1, 0.15) is 17.0 Å². The lowest BCUT2D eigenvalue weighted by atomic mass is 9.73. The van der Waals surface area contributed by atoms with E-state index in [2.05, 4.69) is 56.7 Å². The molecule has 94 heavy (non-hydrogen) atoms. The third-order valence-electron chi connectivity index (χ3n) is 17.9. The number of sulfone groups is 1. The predicted octanol–water partition coefficient (Wildman–Crippen LogP) is 8.90. The molecule has 3 fully saturated rings. The van der Waals surface area contributed by atoms with Crippen molar-refractivity contribution in [1.82, 2.24) is 39.9 Å². The fourth-order valence-electron chi connectivity index (χ4n) is 12.5. The van der Waals surface area contributed by atoms with Crippen LogP contribution in [0, 0.1) is 17.8 Å². The molecule has 4 heterocycles. The van der Waals surface area contributed by atoms with E-state index in [9.17, 15) is 59.1 Å². The van der Waals surface area contributed by atoms with Crippen molar-refractivity contribution < 1.29 is 59.1 Å². The van der Waals surface area contributed by atoms with Gasteiger partial charge in [0.2, 0.25) is 23.6 Å². The molecule has 20 nitrogen and oxygen atoms in total. The fraction of sp³-hybridized carbons (Fsp3) is 0.493. The molecule has 5 amide bonds. The second-order valence-corrected chi connectivity index (χ2v) is 31.5. The summed E-state index contributed by atoms with van der Waals surface area (Å²) in [5.74, 6) is -2.64. The van der Waals surface area contributed by atoms with Crippen LogP contribution in [0.1, 0.15) is 113 Å². The molecule has 27 heteroatoms. The number of benzene rings is 4. The lowest BCUT2D eigenvalue weighted by molar-refractivity contribution is -0.144. The monoisotopic (exact) mass is 1380 g/mol. The van der Waals surface area contributed by atoms with Crippen molar-refractivity contribution >= 4 is 89.3 Å². The van der Waals surface area contributed by atoms with Gasteiger partial charge >= 0.3 is 5.51 Å². The number of piperazine rings is 2. The first kappa shape index (κ1) is 71.4. The summed E-state index contributed by atoms with van der Waals surface area (Å²) in [6.45, 7) is 17.9. The van der Waals surface area contributed by atoms with Gasteiger partial charge in [0.15, 0.2) is 0 Å². The minimum absolute atomic E-state index is 0.0126. The van der Waals surface area contributed by atoms with E-state index in [4.69, 9.17) is 11.6 Å². The molecule has 5 aromatic rings. The molecule has 0 saturated carbocycles. The molecule has 3 aliphatic heterocycles. The molecule has 0 unspecified atom stereocenters. The van der Waals surface area contributed by atoms with Crippen LogP contribution in [0.5, 0.6) is 0 Å². The molecule has 0 spiro atoms. The number of thiazole rings is 1. The first-order valence-corrected chi connectivity index (χ1v) is 35.9. The summed E-state index contributed by atoms with van der Waals surface area (Å²) < 4.78 is 97.3. The van der Waals surface area contributed by atoms with Gasteiger partial charge in [0.25, 0.3) is 25.8 Å². The number of aliphatic hydroxyl groups excluding tert-OH is 1. The van der Waals surface area contributed by atoms with E-state index in [-0.39, 0.29) is 62.2 Å². The largest absolute Gasteiger partial charge is 0.501 e. The highest BCUT2D eigenvalue weighted by molar-refractivity contribution is 7.92. The van der Waals surface area contributed by atoms with E-state index in [1.165, 1.54) is 33.7 Å². The summed E-state index contributed by atoms with van der Waals surface area (Å²) in [5, 5.41) is 19.8. The average Bonchev–Trinajstić information content (AvgIpc) is 0.905. The molecule has 1 aromatic heterocycles. The molecule has 0 bridgehead atoms. The number of carbonyl (C=O) groups excluding carboxylic acids is 5. The van der Waals surface area contributed by atoms with Crippen LogP contribution in [0.2, 0.25) is 5.02 Å². The first-order valence-electron chi connectivity index (χ1n) is 31.7. The molecule has 0 radical (unpaired) electrons. The number of nitrogens with one attached hydrogen (secondary N) is 4. The SMILES string of the molecule is Cc1ncsc1-c1ccc(CNC(=O)[C@@H]2C[C@@H](O)CN2C(=O)[C@@H](NC(=O)CCCC(=O)N2CCN(CCCNc3ccc(S(=O)(=O)NC(=O)c4ccc(N5CCN(CC6=C(c7ccc(Cl)cc7)CCC(C)(C)C6)CC5)cc4)cc3S(=O)(=O)C(F)(F)F)CC2)C(C)(C)C)cc1. The van der Waals surface area contributed by atoms with Crippen molar-refractivity contribution in [1.29, 1.82) is 0 Å². The van der Waals surface area contributed by atoms with Crippen molar-refractivity contribution in [3.05, 3.63) is 129 Å². The minimum atomic E-state index is -6.10. The number of allylic oxidation sites excluding steroid dienone is 1. The molecule has 5 N–H and O–H groups in total. The molecule has 508 valence electrons. The highest BCUT2D eigenvalue weighted by Crippen LogP contribution is 2.43. The molecule has 9 rings (SSSR count). The van der Waals surface area contributed by atoms with Crippen molar-refractivity contribution in [3.63, 3.8) is 0 Å². The Bertz CT molecular complexity index is 3810. The Morgan fingerprint density at radius 2 is 1.48 bits per heavy atom. The number of hydrogen-bond donors (Lipinski definition) is 5. The second-order valence-electron chi connectivity index (χ2n) is 26.6. The molecular weight excluding hydrogens is 1290 g/mol. The van der Waals surface area contributed by atoms with Crippen LogP contribution >= 0.6 is 22.9 Å². The van der Waals surface area contributed by atoms with E-state index in [0.29, 0.717) is 63.3 Å². The smallest absolute Gasteiger partial charge is 0.391 e. The van der Waals surface area contributed by atoms with Crippen LogP contribution in [0.4, 0.5) is 24.5 Å². The van der Waals surface area contributed by atoms with Gasteiger partial charge in [0.05, 0.1) is 32.8 Å². The Balaban J connectivity index is 0.703. The number of nitrogens with zero attached hydrogens (tertiary/aromatic N) is 6. The van der Waals surface area contributed by atoms with Gasteiger partial charge in [-0.25, -0.2) is 26.5 Å². The van der Waals surface area contributed by atoms with E-state index in [1.807, 2.05) is 52.9 Å². The number of aliphatic hydroxyl groups is 1. The maximum Gasteiger partial charge on any atom is 0.501 e. The summed E-state index contributed by atoms with van der Waals surface area (Å²) in [6.07, 6.45) is 2.68. The zero-order chi connectivity index (χ0) is 67.9. The second kappa shape index (κ2) is 30.0. The molecular formula is C67H84ClF3N10O10S3. The molecule has 4 aliphatic rings. The van der Waals surface area contributed by atoms with Gasteiger partial charge in [-0.2, -0.15) is 13.2 Å². The van der Waals surface area contributed by atoms with Gasteiger partial charge in [-0.3, -0.25) is 33.8 Å². The predicted molar refractivity (Wildman–Crippen MR) is 357 cm³/mol. The normalized spacial score (nSPS) is 18.8. The summed E-state index contributed by atoms with van der Waals surface area (Å²) in [6, 6.07) is 22.3. The Morgan fingerprint density at radius 1 is 0.819 bits per heavy atom. The molecule has 1 aliphatic carbocycles. The number of halogens is 4. The van der Waals surface area contributed by atoms with Gasteiger partial charge < -0.3 is 35.8 Å². The number of amides is 5. The van der Waals surface area contributed by atoms with Crippen LogP contribution in [-0.2, 0) is 45.6 Å². The van der Waals surface area contributed by atoms with Gasteiger partial charge in [-0.05, 0) is 133 Å². The van der Waals surface area contributed by atoms with E-state index in [1.54, 1.807) is 54.7 Å². The summed E-state index contributed by atoms with van der Waals surface area (Å²) in [5.41, 5.74) is 2.47. The van der Waals surface area contributed by atoms with Gasteiger partial charge in [-0.1, -0.05) is 88.2 Å². The maximum absolute atomic E-state index is 14.1. The third-order valence-corrected chi connectivity index (χ3v) is 22.0. The van der Waals surface area contributed by atoms with E-state index < -0.39 is 88.1 Å². The van der Waals surface area contributed by atoms with Crippen molar-refractivity contribution in [2.45, 2.75) is 133 Å². The first-order chi connectivity index (χ1) is 44.4. The topological polar surface area (TPSA) is 251 Å². The molecule has 3 atom stereocenters. The Kier molecular flexibility index (Phi) is 22.8. The third kappa shape index (κ3) is 17.9. The van der Waals surface area contributed by atoms with Crippen LogP contribution in [-0.4, -0.2) is 178 Å². The minimum Gasteiger partial charge on any atom is -0.391 e. The fourth-order valence-corrected chi connectivity index (χ4v) is 15.5. The maximum atomic E-state index is 14.1. The number of anilines is 2. The Morgan fingerprint density at radius 3 is 2.12 bits per heavy atom. The van der Waals surface area contributed by atoms with E-state index >= 15 is 0 Å². The van der Waals surface area contributed by atoms with E-state index in [0.717, 1.165) is 78.4 Å². The quantitative estimate of drug-likeness (QED) is 0.0383. The highest BCUT2D eigenvalue weighted by atomic mass is 35.5. The molecule has 3 saturated heterocycles. The highest BCUT2D eigenvalue weighted by Gasteiger charge is 2.49. The Hall–Kier alpha value is -6.94. The number of aryl methyl sites for hydroxylation is 1. The van der Waals surface area contributed by atoms with Gasteiger partial charge in [0, 0.05) is 114 Å². The van der Waals surface area contributed by atoms with Crippen LogP contribution in [0.15, 0.2) is 112 Å². The number of aromatic nitrogens is 1. The number of alkyl halides is 3. The number of β-amino-alcohol motifs (C(OH)–C–C–N with tert-alkyl or cyclic N) is 1. The summed E-state index contributed by atoms with van der Waals surface area (Å²) in [7, 11) is -11.0. The lowest BCUT2D eigenvalue weighted by Crippen LogP contribution is -2.57. The Labute approximate surface area is 557 Å². The van der Waals surface area contributed by atoms with Crippen molar-refractivity contribution in [3.8, 4) is 10.4 Å². The van der Waals surface area contributed by atoms with Crippen LogP contribution < -0.4 is 25.6 Å². The summed E-state index contributed by atoms with van der Waals surface area (Å²) >= 11 is 7.74.